The van der Waals surface area contributed by atoms with Crippen LogP contribution >= 0.6 is 15.9 Å². The number of aliphatic hydroxyl groups excluding tert-OH is 1. The first-order chi connectivity index (χ1) is 7.88. The molecule has 0 amide bonds. The van der Waals surface area contributed by atoms with E-state index in [1.54, 1.807) is 6.92 Å². The summed E-state index contributed by atoms with van der Waals surface area (Å²) in [6.45, 7) is 5.48. The van der Waals surface area contributed by atoms with Gasteiger partial charge in [0.15, 0.2) is 0 Å². The summed E-state index contributed by atoms with van der Waals surface area (Å²) in [5.74, 6) is 0.214. The highest BCUT2D eigenvalue weighted by molar-refractivity contribution is 9.10. The van der Waals surface area contributed by atoms with Crippen LogP contribution in [0.2, 0.25) is 0 Å². The van der Waals surface area contributed by atoms with E-state index in [1.807, 2.05) is 13.8 Å². The molecule has 0 bridgehead atoms. The highest BCUT2D eigenvalue weighted by atomic mass is 79.9. The maximum Gasteiger partial charge on any atom is 0.345 e. The van der Waals surface area contributed by atoms with Gasteiger partial charge in [0.2, 0.25) is 10.4 Å². The number of nitro groups is 1. The van der Waals surface area contributed by atoms with Gasteiger partial charge in [0.05, 0.1) is 4.92 Å². The van der Waals surface area contributed by atoms with Crippen LogP contribution in [0.25, 0.3) is 0 Å². The molecule has 0 aliphatic heterocycles. The van der Waals surface area contributed by atoms with Gasteiger partial charge in [-0.1, -0.05) is 6.92 Å². The maximum absolute atomic E-state index is 10.9. The Balaban J connectivity index is 3.30. The molecule has 7 nitrogen and oxygen atoms in total. The van der Waals surface area contributed by atoms with E-state index in [0.717, 1.165) is 0 Å². The second kappa shape index (κ2) is 5.46. The van der Waals surface area contributed by atoms with Crippen molar-refractivity contribution in [2.75, 3.05) is 5.32 Å². The highest BCUT2D eigenvalue weighted by Gasteiger charge is 2.29. The molecular weight excluding hydrogens is 292 g/mol. The first-order valence-electron chi connectivity index (χ1n) is 5.25. The number of anilines is 1. The van der Waals surface area contributed by atoms with E-state index < -0.39 is 11.2 Å². The number of aromatic nitrogens is 2. The van der Waals surface area contributed by atoms with Gasteiger partial charge in [-0.3, -0.25) is 10.1 Å². The Kier molecular flexibility index (Phi) is 4.47. The van der Waals surface area contributed by atoms with Crippen LogP contribution in [0.3, 0.4) is 0 Å². The predicted octanol–water partition coefficient (Wildman–Crippen LogP) is 2.28. The second-order valence-electron chi connectivity index (χ2n) is 3.88. The van der Waals surface area contributed by atoms with Crippen molar-refractivity contribution >= 4 is 27.4 Å². The molecule has 8 heteroatoms. The zero-order valence-corrected chi connectivity index (χ0v) is 11.4. The molecule has 0 spiro atoms. The van der Waals surface area contributed by atoms with Crippen LogP contribution in [0, 0.1) is 10.1 Å². The van der Waals surface area contributed by atoms with Crippen LogP contribution in [0.15, 0.2) is 4.60 Å². The first kappa shape index (κ1) is 13.9. The Morgan fingerprint density at radius 1 is 1.65 bits per heavy atom. The summed E-state index contributed by atoms with van der Waals surface area (Å²) in [7, 11) is 0. The lowest BCUT2D eigenvalue weighted by Gasteiger charge is -2.14. The van der Waals surface area contributed by atoms with Crippen molar-refractivity contribution < 1.29 is 10.0 Å². The van der Waals surface area contributed by atoms with Crippen molar-refractivity contribution in [2.24, 2.45) is 0 Å². The van der Waals surface area contributed by atoms with Crippen LogP contribution in [0.1, 0.15) is 33.4 Å². The van der Waals surface area contributed by atoms with Crippen LogP contribution in [-0.4, -0.2) is 25.9 Å². The standard InChI is InChI=1S/C9H15BrN4O3/c1-4-6(15)13-9(11-5(2)3)7(14(16)17)8(10)12-13/h5-6,11,15H,4H2,1-3H3. The molecule has 1 aromatic rings. The minimum Gasteiger partial charge on any atom is -0.372 e. The molecular formula is C9H15BrN4O3. The predicted molar refractivity (Wildman–Crippen MR) is 66.9 cm³/mol. The summed E-state index contributed by atoms with van der Waals surface area (Å²) in [6.07, 6.45) is -0.473. The van der Waals surface area contributed by atoms with Crippen molar-refractivity contribution in [3.63, 3.8) is 0 Å². The van der Waals surface area contributed by atoms with Gasteiger partial charge in [0.25, 0.3) is 0 Å². The Labute approximate surface area is 107 Å². The highest BCUT2D eigenvalue weighted by Crippen LogP contribution is 2.35. The molecule has 1 rings (SSSR count). The van der Waals surface area contributed by atoms with E-state index in [-0.39, 0.29) is 22.2 Å². The van der Waals surface area contributed by atoms with Gasteiger partial charge in [-0.15, -0.1) is 0 Å². The SMILES string of the molecule is CCC(O)n1nc(Br)c([N+](=O)[O-])c1NC(C)C. The Morgan fingerprint density at radius 3 is 2.65 bits per heavy atom. The van der Waals surface area contributed by atoms with Crippen LogP contribution in [-0.2, 0) is 0 Å². The minimum absolute atomic E-state index is 0.0000983. The molecule has 1 aromatic heterocycles. The van der Waals surface area contributed by atoms with Gasteiger partial charge in [0.1, 0.15) is 6.23 Å². The van der Waals surface area contributed by atoms with E-state index in [1.165, 1.54) is 4.68 Å². The smallest absolute Gasteiger partial charge is 0.345 e. The summed E-state index contributed by atoms with van der Waals surface area (Å²) in [6, 6.07) is 0.0000983. The maximum atomic E-state index is 10.9. The largest absolute Gasteiger partial charge is 0.372 e. The minimum atomic E-state index is -0.888. The van der Waals surface area contributed by atoms with E-state index in [9.17, 15) is 15.2 Å². The quantitative estimate of drug-likeness (QED) is 0.643. The van der Waals surface area contributed by atoms with E-state index in [0.29, 0.717) is 6.42 Å². The third-order valence-corrected chi connectivity index (χ3v) is 2.63. The average Bonchev–Trinajstić information content (AvgIpc) is 2.53. The van der Waals surface area contributed by atoms with E-state index >= 15 is 0 Å². The molecule has 96 valence electrons. The summed E-state index contributed by atoms with van der Waals surface area (Å²) in [5.41, 5.74) is -0.161. The lowest BCUT2D eigenvalue weighted by atomic mass is 10.3. The first-order valence-corrected chi connectivity index (χ1v) is 6.04. The third kappa shape index (κ3) is 2.95. The molecule has 2 N–H and O–H groups in total. The molecule has 0 aromatic carbocycles. The second-order valence-corrected chi connectivity index (χ2v) is 4.63. The Bertz CT molecular complexity index is 419. The lowest BCUT2D eigenvalue weighted by molar-refractivity contribution is -0.384. The Hall–Kier alpha value is -1.15. The van der Waals surface area contributed by atoms with Gasteiger partial charge in [0, 0.05) is 6.04 Å². The number of rotatable bonds is 5. The molecule has 0 radical (unpaired) electrons. The van der Waals surface area contributed by atoms with E-state index in [4.69, 9.17) is 0 Å². The fourth-order valence-corrected chi connectivity index (χ4v) is 1.86. The van der Waals surface area contributed by atoms with Gasteiger partial charge in [-0.2, -0.15) is 5.10 Å². The zero-order valence-electron chi connectivity index (χ0n) is 9.85. The molecule has 0 fully saturated rings. The Morgan fingerprint density at radius 2 is 2.24 bits per heavy atom. The van der Waals surface area contributed by atoms with Gasteiger partial charge >= 0.3 is 5.69 Å². The fourth-order valence-electron chi connectivity index (χ4n) is 1.36. The number of nitrogens with one attached hydrogen (secondary N) is 1. The number of halogens is 1. The summed E-state index contributed by atoms with van der Waals surface area (Å²) < 4.78 is 1.33. The van der Waals surface area contributed by atoms with Gasteiger partial charge < -0.3 is 10.4 Å². The van der Waals surface area contributed by atoms with E-state index in [2.05, 4.69) is 26.3 Å². The zero-order chi connectivity index (χ0) is 13.2. The van der Waals surface area contributed by atoms with Crippen molar-refractivity contribution in [2.45, 2.75) is 39.5 Å². The molecule has 0 aliphatic rings. The average molecular weight is 307 g/mol. The van der Waals surface area contributed by atoms with Gasteiger partial charge in [-0.25, -0.2) is 4.68 Å². The third-order valence-electron chi connectivity index (χ3n) is 2.10. The van der Waals surface area contributed by atoms with Crippen LogP contribution in [0.5, 0.6) is 0 Å². The molecule has 17 heavy (non-hydrogen) atoms. The molecule has 0 aliphatic carbocycles. The fraction of sp³-hybridized carbons (Fsp3) is 0.667. The lowest BCUT2D eigenvalue weighted by Crippen LogP contribution is -2.18. The summed E-state index contributed by atoms with van der Waals surface area (Å²) >= 11 is 3.03. The molecule has 1 heterocycles. The molecule has 1 atom stereocenters. The topological polar surface area (TPSA) is 93.2 Å². The number of hydrogen-bond donors (Lipinski definition) is 2. The molecule has 1 unspecified atom stereocenters. The number of nitrogens with zero attached hydrogens (tertiary/aromatic N) is 3. The monoisotopic (exact) mass is 306 g/mol. The number of hydrogen-bond acceptors (Lipinski definition) is 5. The van der Waals surface area contributed by atoms with Crippen molar-refractivity contribution in [3.8, 4) is 0 Å². The van der Waals surface area contributed by atoms with Crippen molar-refractivity contribution in [3.05, 3.63) is 14.7 Å². The normalized spacial score (nSPS) is 12.8. The summed E-state index contributed by atoms with van der Waals surface area (Å²) in [5, 5.41) is 27.6. The van der Waals surface area contributed by atoms with Gasteiger partial charge in [-0.05, 0) is 36.2 Å². The van der Waals surface area contributed by atoms with Crippen molar-refractivity contribution in [1.29, 1.82) is 0 Å². The molecule has 0 saturated carbocycles. The van der Waals surface area contributed by atoms with Crippen molar-refractivity contribution in [1.82, 2.24) is 9.78 Å². The van der Waals surface area contributed by atoms with Crippen LogP contribution in [0.4, 0.5) is 11.5 Å². The van der Waals surface area contributed by atoms with Crippen LogP contribution < -0.4 is 5.32 Å². The molecule has 0 saturated heterocycles. The number of aliphatic hydroxyl groups is 1. The summed E-state index contributed by atoms with van der Waals surface area (Å²) in [4.78, 5) is 10.4.